The predicted octanol–water partition coefficient (Wildman–Crippen LogP) is 3.68. The third-order valence-corrected chi connectivity index (χ3v) is 2.61. The van der Waals surface area contributed by atoms with Gasteiger partial charge >= 0.3 is 0 Å². The Hall–Kier alpha value is -1.09. The Labute approximate surface area is 103 Å². The Bertz CT molecular complexity index is 341. The van der Waals surface area contributed by atoms with Crippen LogP contribution >= 0.6 is 0 Å². The largest absolute Gasteiger partial charge is 0.494 e. The molecule has 0 radical (unpaired) electrons. The molecule has 96 valence electrons. The number of halogens is 1. The van der Waals surface area contributed by atoms with Gasteiger partial charge in [0.15, 0.2) is 0 Å². The number of hydrogen-bond acceptors (Lipinski definition) is 2. The second-order valence-electron chi connectivity index (χ2n) is 4.21. The summed E-state index contributed by atoms with van der Waals surface area (Å²) in [5.74, 6) is 0.408. The van der Waals surface area contributed by atoms with Gasteiger partial charge in [-0.25, -0.2) is 4.39 Å². The van der Waals surface area contributed by atoms with Crippen molar-refractivity contribution >= 4 is 0 Å². The van der Waals surface area contributed by atoms with Crippen LogP contribution in [0.1, 0.15) is 45.2 Å². The van der Waals surface area contributed by atoms with Crippen molar-refractivity contribution in [3.05, 3.63) is 29.6 Å². The lowest BCUT2D eigenvalue weighted by molar-refractivity contribution is 0.315. The summed E-state index contributed by atoms with van der Waals surface area (Å²) in [4.78, 5) is 0. The van der Waals surface area contributed by atoms with E-state index in [1.165, 1.54) is 6.07 Å². The van der Waals surface area contributed by atoms with Gasteiger partial charge in [-0.3, -0.25) is 0 Å². The fourth-order valence-electron chi connectivity index (χ4n) is 1.64. The average Bonchev–Trinajstić information content (AvgIpc) is 2.33. The molecular formula is C14H22FNO. The van der Waals surface area contributed by atoms with Crippen molar-refractivity contribution in [1.29, 1.82) is 0 Å². The van der Waals surface area contributed by atoms with Gasteiger partial charge in [0.2, 0.25) is 0 Å². The van der Waals surface area contributed by atoms with E-state index in [1.54, 1.807) is 6.07 Å². The molecule has 17 heavy (non-hydrogen) atoms. The molecule has 1 aromatic carbocycles. The lowest BCUT2D eigenvalue weighted by atomic mass is 10.1. The van der Waals surface area contributed by atoms with Crippen LogP contribution in [0.2, 0.25) is 0 Å². The highest BCUT2D eigenvalue weighted by Crippen LogP contribution is 2.22. The maximum atomic E-state index is 13.8. The summed E-state index contributed by atoms with van der Waals surface area (Å²) < 4.78 is 19.2. The summed E-state index contributed by atoms with van der Waals surface area (Å²) >= 11 is 0. The van der Waals surface area contributed by atoms with E-state index in [0.717, 1.165) is 19.4 Å². The van der Waals surface area contributed by atoms with E-state index in [9.17, 15) is 4.39 Å². The van der Waals surface area contributed by atoms with Gasteiger partial charge < -0.3 is 10.1 Å². The molecule has 1 aromatic rings. The molecule has 1 N–H and O–H groups in total. The van der Waals surface area contributed by atoms with Crippen LogP contribution in [0.5, 0.6) is 5.75 Å². The van der Waals surface area contributed by atoms with Crippen molar-refractivity contribution < 1.29 is 9.13 Å². The second-order valence-corrected chi connectivity index (χ2v) is 4.21. The molecule has 0 aliphatic carbocycles. The van der Waals surface area contributed by atoms with Gasteiger partial charge in [-0.1, -0.05) is 19.9 Å². The van der Waals surface area contributed by atoms with Crippen molar-refractivity contribution in [3.63, 3.8) is 0 Å². The topological polar surface area (TPSA) is 21.3 Å². The van der Waals surface area contributed by atoms with Crippen LogP contribution in [0.4, 0.5) is 4.39 Å². The number of benzene rings is 1. The molecule has 3 heteroatoms. The molecule has 0 amide bonds. The quantitative estimate of drug-likeness (QED) is 0.783. The van der Waals surface area contributed by atoms with Gasteiger partial charge in [0.05, 0.1) is 6.61 Å². The number of nitrogens with one attached hydrogen (secondary N) is 1. The van der Waals surface area contributed by atoms with Crippen molar-refractivity contribution in [3.8, 4) is 5.75 Å². The lowest BCUT2D eigenvalue weighted by Crippen LogP contribution is -2.20. The molecule has 0 aromatic heterocycles. The van der Waals surface area contributed by atoms with Gasteiger partial charge in [-0.2, -0.15) is 0 Å². The third kappa shape index (κ3) is 4.35. The van der Waals surface area contributed by atoms with Gasteiger partial charge in [0.1, 0.15) is 11.6 Å². The fourth-order valence-corrected chi connectivity index (χ4v) is 1.64. The highest BCUT2D eigenvalue weighted by atomic mass is 19.1. The minimum absolute atomic E-state index is 0.0372. The summed E-state index contributed by atoms with van der Waals surface area (Å²) in [6.07, 6.45) is 1.97. The number of rotatable bonds is 7. The summed E-state index contributed by atoms with van der Waals surface area (Å²) in [6.45, 7) is 7.62. The molecule has 0 bridgehead atoms. The zero-order valence-corrected chi connectivity index (χ0v) is 10.9. The standard InChI is InChI=1S/C14H22FNO/c1-4-8-16-11(3)13-7-6-12(10-14(13)15)17-9-5-2/h6-7,10-11,16H,4-5,8-9H2,1-3H3. The maximum absolute atomic E-state index is 13.8. The first-order valence-corrected chi connectivity index (χ1v) is 6.34. The Balaban J connectivity index is 2.68. The van der Waals surface area contributed by atoms with Crippen LogP contribution in [0, 0.1) is 5.82 Å². The average molecular weight is 239 g/mol. The van der Waals surface area contributed by atoms with Crippen LogP contribution in [0.3, 0.4) is 0 Å². The molecule has 0 aliphatic heterocycles. The predicted molar refractivity (Wildman–Crippen MR) is 68.9 cm³/mol. The molecule has 0 fully saturated rings. The van der Waals surface area contributed by atoms with E-state index >= 15 is 0 Å². The fraction of sp³-hybridized carbons (Fsp3) is 0.571. The molecule has 0 saturated carbocycles. The van der Waals surface area contributed by atoms with Crippen molar-refractivity contribution in [2.24, 2.45) is 0 Å². The Morgan fingerprint density at radius 2 is 2.06 bits per heavy atom. The van der Waals surface area contributed by atoms with Gasteiger partial charge in [-0.05, 0) is 32.4 Å². The lowest BCUT2D eigenvalue weighted by Gasteiger charge is -2.15. The summed E-state index contributed by atoms with van der Waals surface area (Å²) in [6, 6.07) is 5.14. The van der Waals surface area contributed by atoms with E-state index in [2.05, 4.69) is 12.2 Å². The second kappa shape index (κ2) is 7.28. The van der Waals surface area contributed by atoms with E-state index in [-0.39, 0.29) is 11.9 Å². The molecular weight excluding hydrogens is 217 g/mol. The summed E-state index contributed by atoms with van der Waals surface area (Å²) in [5.41, 5.74) is 0.697. The van der Waals surface area contributed by atoms with E-state index < -0.39 is 0 Å². The van der Waals surface area contributed by atoms with Gasteiger partial charge in [0, 0.05) is 17.7 Å². The van der Waals surface area contributed by atoms with Crippen molar-refractivity contribution in [2.45, 2.75) is 39.7 Å². The zero-order chi connectivity index (χ0) is 12.7. The van der Waals surface area contributed by atoms with Crippen LogP contribution < -0.4 is 10.1 Å². The first-order valence-electron chi connectivity index (χ1n) is 6.34. The molecule has 0 aliphatic rings. The van der Waals surface area contributed by atoms with Crippen molar-refractivity contribution in [1.82, 2.24) is 5.32 Å². The van der Waals surface area contributed by atoms with E-state index in [4.69, 9.17) is 4.74 Å². The van der Waals surface area contributed by atoms with E-state index in [1.807, 2.05) is 19.9 Å². The molecule has 1 unspecified atom stereocenters. The monoisotopic (exact) mass is 239 g/mol. The van der Waals surface area contributed by atoms with Gasteiger partial charge in [-0.15, -0.1) is 0 Å². The van der Waals surface area contributed by atoms with Crippen LogP contribution in [-0.2, 0) is 0 Å². The third-order valence-electron chi connectivity index (χ3n) is 2.61. The maximum Gasteiger partial charge on any atom is 0.131 e. The first kappa shape index (κ1) is 14.0. The minimum Gasteiger partial charge on any atom is -0.494 e. The molecule has 0 spiro atoms. The number of hydrogen-bond donors (Lipinski definition) is 1. The number of ether oxygens (including phenoxy) is 1. The van der Waals surface area contributed by atoms with Crippen molar-refractivity contribution in [2.75, 3.05) is 13.2 Å². The summed E-state index contributed by atoms with van der Waals surface area (Å²) in [5, 5.41) is 3.27. The highest BCUT2D eigenvalue weighted by Gasteiger charge is 2.10. The SMILES string of the molecule is CCCNC(C)c1ccc(OCCC)cc1F. The molecule has 2 nitrogen and oxygen atoms in total. The Kier molecular flexibility index (Phi) is 5.98. The Morgan fingerprint density at radius 3 is 2.65 bits per heavy atom. The smallest absolute Gasteiger partial charge is 0.131 e. The molecule has 1 rings (SSSR count). The normalized spacial score (nSPS) is 12.5. The molecule has 1 atom stereocenters. The van der Waals surface area contributed by atoms with Crippen LogP contribution in [-0.4, -0.2) is 13.2 Å². The Morgan fingerprint density at radius 1 is 1.29 bits per heavy atom. The first-order chi connectivity index (χ1) is 8.19. The zero-order valence-electron chi connectivity index (χ0n) is 10.9. The van der Waals surface area contributed by atoms with Crippen LogP contribution in [0.15, 0.2) is 18.2 Å². The highest BCUT2D eigenvalue weighted by molar-refractivity contribution is 5.30. The van der Waals surface area contributed by atoms with Crippen LogP contribution in [0.25, 0.3) is 0 Å². The molecule has 0 saturated heterocycles. The van der Waals surface area contributed by atoms with Gasteiger partial charge in [0.25, 0.3) is 0 Å². The summed E-state index contributed by atoms with van der Waals surface area (Å²) in [7, 11) is 0. The minimum atomic E-state index is -0.199. The molecule has 0 heterocycles. The van der Waals surface area contributed by atoms with E-state index in [0.29, 0.717) is 17.9 Å².